The summed E-state index contributed by atoms with van der Waals surface area (Å²) in [5, 5.41) is 11.7. The van der Waals surface area contributed by atoms with E-state index in [-0.39, 0.29) is 23.6 Å². The number of thioether (sulfide) groups is 1. The second-order valence-corrected chi connectivity index (χ2v) is 8.43. The summed E-state index contributed by atoms with van der Waals surface area (Å²) in [4.78, 5) is 25.6. The number of aromatic nitrogens is 2. The fourth-order valence-corrected chi connectivity index (χ4v) is 4.36. The summed E-state index contributed by atoms with van der Waals surface area (Å²) in [6, 6.07) is 8.19. The van der Waals surface area contributed by atoms with Gasteiger partial charge < -0.3 is 5.32 Å². The number of hydrogen-bond acceptors (Lipinski definition) is 6. The van der Waals surface area contributed by atoms with E-state index in [0.717, 1.165) is 31.4 Å². The van der Waals surface area contributed by atoms with E-state index < -0.39 is 0 Å². The minimum atomic E-state index is -0.0828. The molecule has 1 aliphatic carbocycles. The summed E-state index contributed by atoms with van der Waals surface area (Å²) >= 11 is 2.70. The van der Waals surface area contributed by atoms with E-state index in [1.54, 1.807) is 11.8 Å². The third-order valence-electron chi connectivity index (χ3n) is 3.96. The van der Waals surface area contributed by atoms with Gasteiger partial charge in [-0.3, -0.25) is 14.5 Å². The lowest BCUT2D eigenvalue weighted by molar-refractivity contribution is -0.116. The van der Waals surface area contributed by atoms with Gasteiger partial charge in [0.1, 0.15) is 0 Å². The summed E-state index contributed by atoms with van der Waals surface area (Å²) in [7, 11) is 0. The molecule has 2 amide bonds. The molecule has 0 atom stereocenters. The van der Waals surface area contributed by atoms with Gasteiger partial charge in [0.15, 0.2) is 4.34 Å². The summed E-state index contributed by atoms with van der Waals surface area (Å²) in [6.07, 6.45) is 4.18. The van der Waals surface area contributed by atoms with E-state index in [9.17, 15) is 9.59 Å². The average Bonchev–Trinajstić information content (AvgIpc) is 3.32. The van der Waals surface area contributed by atoms with E-state index in [0.29, 0.717) is 9.47 Å². The zero-order valence-electron chi connectivity index (χ0n) is 14.9. The highest BCUT2D eigenvalue weighted by atomic mass is 32.2. The van der Waals surface area contributed by atoms with E-state index in [1.165, 1.54) is 28.7 Å². The molecule has 8 heteroatoms. The summed E-state index contributed by atoms with van der Waals surface area (Å²) in [6.45, 7) is 3.69. The third-order valence-corrected chi connectivity index (χ3v) is 6.01. The van der Waals surface area contributed by atoms with Crippen LogP contribution in [0.2, 0.25) is 0 Å². The Balaban J connectivity index is 1.50. The van der Waals surface area contributed by atoms with Crippen molar-refractivity contribution in [3.8, 4) is 0 Å². The van der Waals surface area contributed by atoms with Gasteiger partial charge in [-0.1, -0.05) is 48.6 Å². The Bertz CT molecular complexity index is 772. The normalized spacial score (nSPS) is 13.5. The first-order chi connectivity index (χ1) is 12.6. The Labute approximate surface area is 161 Å². The van der Waals surface area contributed by atoms with Crippen molar-refractivity contribution in [3.05, 3.63) is 29.8 Å². The van der Waals surface area contributed by atoms with Crippen molar-refractivity contribution in [2.24, 2.45) is 0 Å². The molecule has 0 aliphatic heterocycles. The number of nitrogens with zero attached hydrogens (tertiary/aromatic N) is 3. The van der Waals surface area contributed by atoms with Gasteiger partial charge in [0.25, 0.3) is 0 Å². The van der Waals surface area contributed by atoms with Crippen LogP contribution in [0.4, 0.5) is 10.8 Å². The quantitative estimate of drug-likeness (QED) is 0.549. The van der Waals surface area contributed by atoms with Crippen molar-refractivity contribution in [2.75, 3.05) is 16.0 Å². The monoisotopic (exact) mass is 390 g/mol. The van der Waals surface area contributed by atoms with Crippen LogP contribution in [0.1, 0.15) is 38.7 Å². The number of amides is 2. The number of aryl methyl sites for hydroxylation is 1. The van der Waals surface area contributed by atoms with Crippen molar-refractivity contribution >= 4 is 45.7 Å². The van der Waals surface area contributed by atoms with Gasteiger partial charge in [-0.15, -0.1) is 10.2 Å². The standard InChI is InChI=1S/C18H22N4O2S2/c1-3-4-13-5-7-14(8-6-13)19-16(24)11-25-18-21-20-17(26-18)22(12(2)23)15-9-10-15/h5-8,15H,3-4,9-11H2,1-2H3,(H,19,24). The maximum absolute atomic E-state index is 12.1. The molecule has 0 radical (unpaired) electrons. The first-order valence-electron chi connectivity index (χ1n) is 8.71. The smallest absolute Gasteiger partial charge is 0.234 e. The molecule has 138 valence electrons. The average molecular weight is 391 g/mol. The van der Waals surface area contributed by atoms with Crippen molar-refractivity contribution in [1.29, 1.82) is 0 Å². The molecular weight excluding hydrogens is 368 g/mol. The highest BCUT2D eigenvalue weighted by molar-refractivity contribution is 8.01. The lowest BCUT2D eigenvalue weighted by Crippen LogP contribution is -2.30. The van der Waals surface area contributed by atoms with Crippen LogP contribution in [-0.4, -0.2) is 33.8 Å². The van der Waals surface area contributed by atoms with E-state index in [4.69, 9.17) is 0 Å². The molecule has 0 saturated heterocycles. The second-order valence-electron chi connectivity index (χ2n) is 6.25. The molecule has 1 saturated carbocycles. The Morgan fingerprint density at radius 1 is 1.27 bits per heavy atom. The molecular formula is C18H22N4O2S2. The Kier molecular flexibility index (Phi) is 6.26. The number of carbonyl (C=O) groups excluding carboxylic acids is 2. The van der Waals surface area contributed by atoms with Crippen LogP contribution in [0.3, 0.4) is 0 Å². The molecule has 1 aromatic carbocycles. The second kappa shape index (κ2) is 8.64. The van der Waals surface area contributed by atoms with Crippen LogP contribution >= 0.6 is 23.1 Å². The number of carbonyl (C=O) groups is 2. The van der Waals surface area contributed by atoms with Crippen LogP contribution in [0.15, 0.2) is 28.6 Å². The fourth-order valence-electron chi connectivity index (χ4n) is 2.61. The van der Waals surface area contributed by atoms with Crippen LogP contribution in [0, 0.1) is 0 Å². The lowest BCUT2D eigenvalue weighted by atomic mass is 10.1. The van der Waals surface area contributed by atoms with Gasteiger partial charge in [-0.05, 0) is 37.0 Å². The molecule has 26 heavy (non-hydrogen) atoms. The molecule has 0 spiro atoms. The first kappa shape index (κ1) is 18.8. The Morgan fingerprint density at radius 3 is 2.62 bits per heavy atom. The zero-order chi connectivity index (χ0) is 18.5. The maximum atomic E-state index is 12.1. The van der Waals surface area contributed by atoms with E-state index in [1.807, 2.05) is 24.3 Å². The topological polar surface area (TPSA) is 75.2 Å². The number of rotatable bonds is 8. The molecule has 0 bridgehead atoms. The molecule has 1 N–H and O–H groups in total. The third kappa shape index (κ3) is 5.04. The van der Waals surface area contributed by atoms with Crippen LogP contribution < -0.4 is 10.2 Å². The molecule has 1 aliphatic rings. The SMILES string of the molecule is CCCc1ccc(NC(=O)CSc2nnc(N(C(C)=O)C3CC3)s2)cc1. The van der Waals surface area contributed by atoms with Crippen LogP contribution in [0.5, 0.6) is 0 Å². The van der Waals surface area contributed by atoms with Gasteiger partial charge in [0, 0.05) is 18.7 Å². The Hall–Kier alpha value is -1.93. The van der Waals surface area contributed by atoms with Gasteiger partial charge in [0.2, 0.25) is 16.9 Å². The fraction of sp³-hybridized carbons (Fsp3) is 0.444. The predicted octanol–water partition coefficient (Wildman–Crippen LogP) is 3.74. The molecule has 1 aromatic heterocycles. The summed E-state index contributed by atoms with van der Waals surface area (Å²) < 4.78 is 0.695. The van der Waals surface area contributed by atoms with Crippen LogP contribution in [0.25, 0.3) is 0 Å². The lowest BCUT2D eigenvalue weighted by Gasteiger charge is -2.15. The minimum Gasteiger partial charge on any atom is -0.325 e. The minimum absolute atomic E-state index is 0.00976. The van der Waals surface area contributed by atoms with Gasteiger partial charge in [-0.2, -0.15) is 0 Å². The van der Waals surface area contributed by atoms with Crippen molar-refractivity contribution in [1.82, 2.24) is 10.2 Å². The van der Waals surface area contributed by atoms with Crippen LogP contribution in [-0.2, 0) is 16.0 Å². The zero-order valence-corrected chi connectivity index (χ0v) is 16.5. The number of anilines is 2. The number of hydrogen-bond donors (Lipinski definition) is 1. The molecule has 1 heterocycles. The largest absolute Gasteiger partial charge is 0.325 e. The van der Waals surface area contributed by atoms with Crippen molar-refractivity contribution in [2.45, 2.75) is 49.9 Å². The summed E-state index contributed by atoms with van der Waals surface area (Å²) in [5.41, 5.74) is 2.07. The molecule has 0 unspecified atom stereocenters. The number of benzene rings is 1. The number of nitrogens with one attached hydrogen (secondary N) is 1. The molecule has 1 fully saturated rings. The molecule has 3 rings (SSSR count). The van der Waals surface area contributed by atoms with Gasteiger partial charge >= 0.3 is 0 Å². The molecule has 2 aromatic rings. The van der Waals surface area contributed by atoms with E-state index >= 15 is 0 Å². The predicted molar refractivity (Wildman–Crippen MR) is 106 cm³/mol. The van der Waals surface area contributed by atoms with Crippen molar-refractivity contribution < 1.29 is 9.59 Å². The highest BCUT2D eigenvalue weighted by Gasteiger charge is 2.34. The maximum Gasteiger partial charge on any atom is 0.234 e. The van der Waals surface area contributed by atoms with Crippen molar-refractivity contribution in [3.63, 3.8) is 0 Å². The highest BCUT2D eigenvalue weighted by Crippen LogP contribution is 2.35. The first-order valence-corrected chi connectivity index (χ1v) is 10.5. The summed E-state index contributed by atoms with van der Waals surface area (Å²) in [5.74, 6) is 0.166. The van der Waals surface area contributed by atoms with E-state index in [2.05, 4.69) is 22.4 Å². The Morgan fingerprint density at radius 2 is 2.00 bits per heavy atom. The van der Waals surface area contributed by atoms with Gasteiger partial charge in [-0.25, -0.2) is 0 Å². The molecule has 6 nitrogen and oxygen atoms in total. The van der Waals surface area contributed by atoms with Gasteiger partial charge in [0.05, 0.1) is 5.75 Å².